The van der Waals surface area contributed by atoms with Crippen LogP contribution in [0, 0.1) is 0 Å². The summed E-state index contributed by atoms with van der Waals surface area (Å²) in [6, 6.07) is 9.44. The highest BCUT2D eigenvalue weighted by Crippen LogP contribution is 2.58. The van der Waals surface area contributed by atoms with Crippen LogP contribution < -0.4 is 16.3 Å². The largest absolute Gasteiger partial charge is 0.507 e. The van der Waals surface area contributed by atoms with Crippen LogP contribution in [0.15, 0.2) is 62.6 Å². The maximum absolute atomic E-state index is 14.2. The molecule has 0 aliphatic heterocycles. The number of hydrogen-bond acceptors (Lipinski definition) is 11. The number of para-hydroxylation sites is 1. The average molecular weight is 713 g/mol. The number of methoxy groups -OCH3 is 1. The van der Waals surface area contributed by atoms with Gasteiger partial charge in [-0.1, -0.05) is 18.2 Å². The van der Waals surface area contributed by atoms with Crippen LogP contribution in [0.4, 0.5) is 10.5 Å². The van der Waals surface area contributed by atoms with Gasteiger partial charge in [-0.15, -0.1) is 0 Å². The molecule has 3 aliphatic rings. The number of aromatic amines is 1. The van der Waals surface area contributed by atoms with Crippen molar-refractivity contribution in [2.45, 2.75) is 18.3 Å². The van der Waals surface area contributed by atoms with Gasteiger partial charge in [0, 0.05) is 27.2 Å². The summed E-state index contributed by atoms with van der Waals surface area (Å²) < 4.78 is 5.20. The minimum Gasteiger partial charge on any atom is -0.507 e. The van der Waals surface area contributed by atoms with Crippen molar-refractivity contribution in [2.75, 3.05) is 12.4 Å². The summed E-state index contributed by atoms with van der Waals surface area (Å²) in [6.45, 7) is 0. The number of aromatic nitrogens is 1. The zero-order valence-corrected chi connectivity index (χ0v) is 26.1. The van der Waals surface area contributed by atoms with Crippen LogP contribution in [0.3, 0.4) is 0 Å². The van der Waals surface area contributed by atoms with Gasteiger partial charge in [0.25, 0.3) is 5.56 Å². The van der Waals surface area contributed by atoms with E-state index < -0.39 is 85.4 Å². The number of ether oxygens (including phenoxy) is 1. The molecule has 0 radical (unpaired) electrons. The molecule has 3 aromatic carbocycles. The molecule has 1 heterocycles. The Morgan fingerprint density at radius 1 is 0.979 bits per heavy atom. The van der Waals surface area contributed by atoms with E-state index in [1.54, 1.807) is 30.3 Å². The van der Waals surface area contributed by atoms with E-state index in [0.29, 0.717) is 11.3 Å². The van der Waals surface area contributed by atoms with E-state index in [0.717, 1.165) is 13.2 Å². The minimum atomic E-state index is -2.19. The first-order valence-electron chi connectivity index (χ1n) is 14.2. The summed E-state index contributed by atoms with van der Waals surface area (Å²) >= 11 is 3.46. The van der Waals surface area contributed by atoms with Crippen LogP contribution in [0.25, 0.3) is 10.8 Å². The Labute approximate surface area is 276 Å². The van der Waals surface area contributed by atoms with Gasteiger partial charge in [-0.3, -0.25) is 24.0 Å². The number of phenols is 3. The van der Waals surface area contributed by atoms with E-state index in [9.17, 15) is 44.1 Å². The first-order chi connectivity index (χ1) is 22.9. The first kappa shape index (κ1) is 30.6. The highest BCUT2D eigenvalue weighted by Gasteiger charge is 2.62. The quantitative estimate of drug-likeness (QED) is 0.0778. The topological polar surface area (TPSA) is 225 Å². The van der Waals surface area contributed by atoms with E-state index in [1.807, 2.05) is 0 Å². The number of urea groups is 1. The van der Waals surface area contributed by atoms with Crippen LogP contribution in [0.1, 0.15) is 64.7 Å². The summed E-state index contributed by atoms with van der Waals surface area (Å²) in [5.74, 6) is -7.01. The number of hydrogen-bond donors (Lipinski definition) is 6. The molecule has 7 rings (SSSR count). The number of Topliss-reactive ketones (excluding diaryl/α,β-unsaturated/α-hetero) is 3. The van der Waals surface area contributed by atoms with Crippen molar-refractivity contribution in [1.29, 1.82) is 0 Å². The number of halogens is 1. The molecule has 0 bridgehead atoms. The molecule has 0 unspecified atom stereocenters. The molecule has 15 heteroatoms. The minimum absolute atomic E-state index is 0.0385. The lowest BCUT2D eigenvalue weighted by Gasteiger charge is -2.23. The molecule has 1 aromatic heterocycles. The third-order valence-electron chi connectivity index (χ3n) is 8.77. The summed E-state index contributed by atoms with van der Waals surface area (Å²) in [6.07, 6.45) is 1.78. The number of phenolic OH excluding ortho intramolecular Hbond substituents is 3. The molecule has 3 aliphatic carbocycles. The SMILES string of the molecule is COC1=CC(=O)c2c(O)c3c(c(O)c2C1=O)C(=O)[C@]1(CCc2c1c(O)c1c(=O)[nH]c(C=NNC(=O)Nc4ccccc4)cc1c2Br)C3=O. The fourth-order valence-electron chi connectivity index (χ4n) is 6.71. The zero-order chi connectivity index (χ0) is 34.2. The van der Waals surface area contributed by atoms with Gasteiger partial charge < -0.3 is 30.4 Å². The molecule has 0 saturated carbocycles. The number of carbonyl (C=O) groups excluding carboxylic acids is 5. The number of fused-ring (bicyclic) bond motifs is 5. The maximum Gasteiger partial charge on any atom is 0.339 e. The Bertz CT molecular complexity index is 2340. The molecule has 0 saturated heterocycles. The lowest BCUT2D eigenvalue weighted by molar-refractivity contribution is 0.0790. The van der Waals surface area contributed by atoms with Gasteiger partial charge in [-0.05, 0) is 52.5 Å². The summed E-state index contributed by atoms with van der Waals surface area (Å²) in [5.41, 5.74) is -2.66. The molecule has 1 atom stereocenters. The number of nitrogens with zero attached hydrogens (tertiary/aromatic N) is 1. The van der Waals surface area contributed by atoms with Crippen molar-refractivity contribution in [3.8, 4) is 17.2 Å². The number of anilines is 1. The first-order valence-corrected chi connectivity index (χ1v) is 15.0. The number of amides is 2. The fraction of sp³-hybridized carbons (Fsp3) is 0.121. The average Bonchev–Trinajstić information content (AvgIpc) is 3.57. The molecule has 2 amide bonds. The van der Waals surface area contributed by atoms with Crippen molar-refractivity contribution in [1.82, 2.24) is 10.4 Å². The highest BCUT2D eigenvalue weighted by atomic mass is 79.9. The third kappa shape index (κ3) is 4.07. The Balaban J connectivity index is 1.31. The molecule has 6 N–H and O–H groups in total. The summed E-state index contributed by atoms with van der Waals surface area (Å²) in [4.78, 5) is 82.4. The molecule has 0 fully saturated rings. The number of nitrogens with one attached hydrogen (secondary N) is 3. The van der Waals surface area contributed by atoms with Gasteiger partial charge in [-0.25, -0.2) is 10.2 Å². The molecule has 1 spiro atoms. The predicted molar refractivity (Wildman–Crippen MR) is 172 cm³/mol. The van der Waals surface area contributed by atoms with Crippen LogP contribution in [-0.2, 0) is 16.6 Å². The Morgan fingerprint density at radius 2 is 1.65 bits per heavy atom. The fourth-order valence-corrected chi connectivity index (χ4v) is 7.42. The number of rotatable bonds is 4. The maximum atomic E-state index is 14.2. The predicted octanol–water partition coefficient (Wildman–Crippen LogP) is 3.74. The van der Waals surface area contributed by atoms with Gasteiger partial charge in [0.1, 0.15) is 22.7 Å². The second-order valence-corrected chi connectivity index (χ2v) is 12.0. The molecule has 14 nitrogen and oxygen atoms in total. The van der Waals surface area contributed by atoms with Gasteiger partial charge in [0.15, 0.2) is 23.1 Å². The van der Waals surface area contributed by atoms with Crippen molar-refractivity contribution in [3.63, 3.8) is 0 Å². The van der Waals surface area contributed by atoms with Gasteiger partial charge in [0.2, 0.25) is 5.78 Å². The van der Waals surface area contributed by atoms with E-state index in [1.165, 1.54) is 12.3 Å². The number of ketones is 4. The number of benzene rings is 3. The van der Waals surface area contributed by atoms with E-state index >= 15 is 0 Å². The van der Waals surface area contributed by atoms with Crippen LogP contribution in [0.5, 0.6) is 17.2 Å². The number of H-pyrrole nitrogens is 1. The smallest absolute Gasteiger partial charge is 0.339 e. The number of pyridine rings is 1. The van der Waals surface area contributed by atoms with E-state index in [4.69, 9.17) is 4.74 Å². The van der Waals surface area contributed by atoms with Gasteiger partial charge in [-0.2, -0.15) is 5.10 Å². The monoisotopic (exact) mass is 712 g/mol. The standard InChI is InChI=1S/C33H21BrN4O10/c1-48-17-10-16(39)19-20(25(17)40)27(42)22-21(26(19)41)29(44)33(30(22)45)8-7-14-23(33)28(43)18-15(24(14)34)9-13(36-31(18)46)11-35-38-32(47)37-12-5-3-2-4-6-12/h2-6,9-11,41-43H,7-8H2,1H3,(H,36,46)(H2,37,38,47)/t33-/m0/s1. The van der Waals surface area contributed by atoms with E-state index in [-0.39, 0.29) is 39.3 Å². The van der Waals surface area contributed by atoms with Crippen LogP contribution in [-0.4, -0.2) is 62.8 Å². The summed E-state index contributed by atoms with van der Waals surface area (Å²) in [7, 11) is 1.12. The third-order valence-corrected chi connectivity index (χ3v) is 9.67. The Morgan fingerprint density at radius 3 is 2.31 bits per heavy atom. The zero-order valence-electron chi connectivity index (χ0n) is 24.6. The van der Waals surface area contributed by atoms with Crippen LogP contribution >= 0.6 is 15.9 Å². The molecular formula is C33H21BrN4O10. The Kier molecular flexibility index (Phi) is 6.83. The van der Waals surface area contributed by atoms with Crippen molar-refractivity contribution >= 4 is 67.8 Å². The number of hydrazone groups is 1. The Hall–Kier alpha value is -6.09. The van der Waals surface area contributed by atoms with Gasteiger partial charge >= 0.3 is 6.03 Å². The highest BCUT2D eigenvalue weighted by molar-refractivity contribution is 9.10. The summed E-state index contributed by atoms with van der Waals surface area (Å²) in [5, 5.41) is 40.3. The number of carbonyl (C=O) groups is 5. The molecular weight excluding hydrogens is 692 g/mol. The molecule has 4 aromatic rings. The second-order valence-electron chi connectivity index (χ2n) is 11.2. The van der Waals surface area contributed by atoms with Gasteiger partial charge in [0.05, 0.1) is 46.7 Å². The lowest BCUT2D eigenvalue weighted by Crippen LogP contribution is -2.36. The number of allylic oxidation sites excluding steroid dienone is 2. The van der Waals surface area contributed by atoms with Crippen molar-refractivity contribution < 1.29 is 44.0 Å². The number of aromatic hydroxyl groups is 3. The molecule has 240 valence electrons. The van der Waals surface area contributed by atoms with Crippen molar-refractivity contribution in [2.24, 2.45) is 5.10 Å². The second kappa shape index (κ2) is 10.7. The van der Waals surface area contributed by atoms with Crippen LogP contribution in [0.2, 0.25) is 0 Å². The normalized spacial score (nSPS) is 17.9. The molecule has 48 heavy (non-hydrogen) atoms. The lowest BCUT2D eigenvalue weighted by atomic mass is 9.76. The van der Waals surface area contributed by atoms with E-state index in [2.05, 4.69) is 36.8 Å². The van der Waals surface area contributed by atoms with Crippen molar-refractivity contribution in [3.05, 3.63) is 102 Å².